The fraction of sp³-hybridized carbons (Fsp3) is 1.00. The monoisotopic (exact) mass is 318 g/mol. The van der Waals surface area contributed by atoms with Crippen LogP contribution in [0, 0.1) is 0 Å². The Bertz CT molecular complexity index is 312. The first-order valence-electron chi connectivity index (χ1n) is 7.33. The predicted molar refractivity (Wildman–Crippen MR) is 83.8 cm³/mol. The van der Waals surface area contributed by atoms with Crippen molar-refractivity contribution in [3.8, 4) is 0 Å². The zero-order valence-electron chi connectivity index (χ0n) is 13.6. The van der Waals surface area contributed by atoms with Gasteiger partial charge in [0.15, 0.2) is 22.9 Å². The van der Waals surface area contributed by atoms with Crippen LogP contribution in [-0.2, 0) is 22.9 Å². The van der Waals surface area contributed by atoms with Crippen LogP contribution >= 0.6 is 0 Å². The van der Waals surface area contributed by atoms with Crippen molar-refractivity contribution in [3.63, 3.8) is 0 Å². The van der Waals surface area contributed by atoms with Gasteiger partial charge in [0.1, 0.15) is 6.10 Å². The molecule has 0 bridgehead atoms. The molecule has 116 valence electrons. The van der Waals surface area contributed by atoms with Gasteiger partial charge in [0.05, 0.1) is 18.8 Å². The first kappa shape index (κ1) is 16.7. The Morgan fingerprint density at radius 1 is 0.900 bits per heavy atom. The smallest absolute Gasteiger partial charge is 0.410 e. The maximum Gasteiger partial charge on any atom is 0.454 e. The maximum absolute atomic E-state index is 6.18. The first-order chi connectivity index (χ1) is 9.05. The molecular formula is C12H27BO5Si2. The van der Waals surface area contributed by atoms with E-state index in [0.717, 1.165) is 0 Å². The Morgan fingerprint density at radius 3 is 2.00 bits per heavy atom. The summed E-state index contributed by atoms with van der Waals surface area (Å²) >= 11 is 0. The number of hydrogen-bond donors (Lipinski definition) is 0. The molecule has 0 N–H and O–H groups in total. The van der Waals surface area contributed by atoms with Gasteiger partial charge >= 0.3 is 7.12 Å². The normalized spacial score (nSPS) is 35.2. The lowest BCUT2D eigenvalue weighted by atomic mass is 9.97. The maximum atomic E-state index is 6.18. The molecule has 2 saturated heterocycles. The lowest BCUT2D eigenvalue weighted by Crippen LogP contribution is -2.57. The molecule has 4 atom stereocenters. The summed E-state index contributed by atoms with van der Waals surface area (Å²) in [5.74, 6) is 0. The highest BCUT2D eigenvalue weighted by atomic mass is 28.4. The van der Waals surface area contributed by atoms with Crippen LogP contribution in [0.15, 0.2) is 0 Å². The van der Waals surface area contributed by atoms with Gasteiger partial charge in [-0.25, -0.2) is 0 Å². The summed E-state index contributed by atoms with van der Waals surface area (Å²) in [6.07, 6.45) is -0.671. The van der Waals surface area contributed by atoms with Crippen molar-refractivity contribution in [2.45, 2.75) is 70.7 Å². The Morgan fingerprint density at radius 2 is 1.45 bits per heavy atom. The van der Waals surface area contributed by atoms with Gasteiger partial charge in [0, 0.05) is 0 Å². The van der Waals surface area contributed by atoms with E-state index in [2.05, 4.69) is 39.3 Å². The topological polar surface area (TPSA) is 46.2 Å². The molecule has 0 aromatic heterocycles. The summed E-state index contributed by atoms with van der Waals surface area (Å²) in [6, 6.07) is 0. The predicted octanol–water partition coefficient (Wildman–Crippen LogP) is 2.32. The van der Waals surface area contributed by atoms with Crippen molar-refractivity contribution in [3.05, 3.63) is 0 Å². The molecule has 0 spiro atoms. The summed E-state index contributed by atoms with van der Waals surface area (Å²) in [5, 5.41) is 0. The van der Waals surface area contributed by atoms with E-state index in [9.17, 15) is 0 Å². The zero-order chi connectivity index (χ0) is 15.1. The molecule has 5 nitrogen and oxygen atoms in total. The molecular weight excluding hydrogens is 291 g/mol. The van der Waals surface area contributed by atoms with Gasteiger partial charge < -0.3 is 22.9 Å². The summed E-state index contributed by atoms with van der Waals surface area (Å²) < 4.78 is 29.9. The summed E-state index contributed by atoms with van der Waals surface area (Å²) in [7, 11) is -3.56. The van der Waals surface area contributed by atoms with Crippen molar-refractivity contribution in [1.29, 1.82) is 0 Å². The first-order valence-corrected chi connectivity index (χ1v) is 14.1. The molecule has 0 amide bonds. The number of ether oxygens (including phenoxy) is 1. The van der Waals surface area contributed by atoms with Crippen LogP contribution in [0.25, 0.3) is 0 Å². The third-order valence-electron chi connectivity index (χ3n) is 3.06. The third-order valence-corrected chi connectivity index (χ3v) is 5.00. The van der Waals surface area contributed by atoms with Crippen LogP contribution in [0.3, 0.4) is 0 Å². The van der Waals surface area contributed by atoms with Crippen LogP contribution < -0.4 is 0 Å². The van der Waals surface area contributed by atoms with Gasteiger partial charge in [-0.05, 0) is 46.1 Å². The highest BCUT2D eigenvalue weighted by Gasteiger charge is 2.51. The van der Waals surface area contributed by atoms with Gasteiger partial charge in [-0.1, -0.05) is 0 Å². The molecule has 0 aromatic rings. The second-order valence-electron chi connectivity index (χ2n) is 7.47. The molecule has 8 heteroatoms. The SMILES string of the molecule is CB1O[C@@H]2[C@@H](O[Si](C)(C)C)OC[C@@H](O[Si](C)(C)C)[C@@H]2O1. The van der Waals surface area contributed by atoms with E-state index in [0.29, 0.717) is 6.61 Å². The molecule has 0 saturated carbocycles. The van der Waals surface area contributed by atoms with Crippen LogP contribution in [0.2, 0.25) is 46.1 Å². The lowest BCUT2D eigenvalue weighted by Gasteiger charge is -2.41. The van der Waals surface area contributed by atoms with E-state index in [-0.39, 0.29) is 31.7 Å². The standard InChI is InChI=1S/C12H27BO5Si2/c1-13-15-10-9(17-19(2,3)4)8-14-12(11(10)16-13)18-20(5,6)7/h9-12H,8H2,1-7H3/t9-,10+,11+,12-/m1/s1. The highest BCUT2D eigenvalue weighted by molar-refractivity contribution is 6.70. The molecule has 2 aliphatic heterocycles. The van der Waals surface area contributed by atoms with Crippen LogP contribution in [0.5, 0.6) is 0 Å². The highest BCUT2D eigenvalue weighted by Crippen LogP contribution is 2.32. The molecule has 2 aliphatic rings. The minimum absolute atomic E-state index is 0.0573. The van der Waals surface area contributed by atoms with Crippen molar-refractivity contribution in [2.24, 2.45) is 0 Å². The zero-order valence-corrected chi connectivity index (χ0v) is 15.6. The largest absolute Gasteiger partial charge is 0.454 e. The quantitative estimate of drug-likeness (QED) is 0.745. The molecule has 2 heterocycles. The van der Waals surface area contributed by atoms with E-state index >= 15 is 0 Å². The Labute approximate surface area is 124 Å². The van der Waals surface area contributed by atoms with E-state index in [1.165, 1.54) is 0 Å². The van der Waals surface area contributed by atoms with E-state index in [1.807, 2.05) is 6.82 Å². The fourth-order valence-electron chi connectivity index (χ4n) is 2.53. The van der Waals surface area contributed by atoms with Gasteiger partial charge in [-0.15, -0.1) is 0 Å². The van der Waals surface area contributed by atoms with Gasteiger partial charge in [0.2, 0.25) is 0 Å². The van der Waals surface area contributed by atoms with Gasteiger partial charge in [-0.3, -0.25) is 0 Å². The molecule has 2 fully saturated rings. The molecule has 0 aliphatic carbocycles. The average Bonchev–Trinajstić information content (AvgIpc) is 2.60. The molecule has 20 heavy (non-hydrogen) atoms. The van der Waals surface area contributed by atoms with Gasteiger partial charge in [0.25, 0.3) is 0 Å². The second kappa shape index (κ2) is 5.83. The average molecular weight is 318 g/mol. The fourth-order valence-corrected chi connectivity index (χ4v) is 4.54. The second-order valence-corrected chi connectivity index (χ2v) is 16.4. The summed E-state index contributed by atoms with van der Waals surface area (Å²) in [4.78, 5) is 0. The Kier molecular flexibility index (Phi) is 4.86. The summed E-state index contributed by atoms with van der Waals surface area (Å²) in [5.41, 5.74) is 0. The van der Waals surface area contributed by atoms with Crippen molar-refractivity contribution in [2.75, 3.05) is 6.61 Å². The molecule has 0 aromatic carbocycles. The molecule has 0 radical (unpaired) electrons. The number of rotatable bonds is 4. The minimum atomic E-state index is -1.69. The minimum Gasteiger partial charge on any atom is -0.410 e. The van der Waals surface area contributed by atoms with Crippen LogP contribution in [0.4, 0.5) is 0 Å². The van der Waals surface area contributed by atoms with Gasteiger partial charge in [-0.2, -0.15) is 0 Å². The molecule has 0 unspecified atom stereocenters. The van der Waals surface area contributed by atoms with Crippen molar-refractivity contribution in [1.82, 2.24) is 0 Å². The van der Waals surface area contributed by atoms with Crippen LogP contribution in [0.1, 0.15) is 0 Å². The van der Waals surface area contributed by atoms with Crippen molar-refractivity contribution >= 4 is 23.8 Å². The summed E-state index contributed by atoms with van der Waals surface area (Å²) in [6.45, 7) is 15.4. The van der Waals surface area contributed by atoms with Crippen molar-refractivity contribution < 1.29 is 22.9 Å². The Balaban J connectivity index is 2.07. The molecule has 2 rings (SSSR count). The van der Waals surface area contributed by atoms with Crippen LogP contribution in [-0.4, -0.2) is 55.0 Å². The van der Waals surface area contributed by atoms with E-state index in [4.69, 9.17) is 22.9 Å². The number of hydrogen-bond acceptors (Lipinski definition) is 5. The Hall–Kier alpha value is 0.299. The third kappa shape index (κ3) is 4.39. The number of fused-ring (bicyclic) bond motifs is 1. The lowest BCUT2D eigenvalue weighted by molar-refractivity contribution is -0.209. The van der Waals surface area contributed by atoms with E-state index in [1.54, 1.807) is 0 Å². The van der Waals surface area contributed by atoms with E-state index < -0.39 is 16.6 Å².